The van der Waals surface area contributed by atoms with Gasteiger partial charge in [-0.2, -0.15) is 0 Å². The lowest BCUT2D eigenvalue weighted by molar-refractivity contribution is -0.119. The topological polar surface area (TPSA) is 92.7 Å². The number of rotatable bonds is 5. The second-order valence-corrected chi connectivity index (χ2v) is 6.16. The van der Waals surface area contributed by atoms with Crippen LogP contribution in [-0.4, -0.2) is 46.2 Å². The molecule has 2 N–H and O–H groups in total. The van der Waals surface area contributed by atoms with E-state index in [9.17, 15) is 13.8 Å². The van der Waals surface area contributed by atoms with E-state index in [1.54, 1.807) is 12.1 Å². The zero-order chi connectivity index (χ0) is 15.2. The van der Waals surface area contributed by atoms with Crippen LogP contribution in [0.5, 0.6) is 0 Å². The van der Waals surface area contributed by atoms with Gasteiger partial charge in [0.15, 0.2) is 0 Å². The molecule has 1 amide bonds. The number of carbonyl (C=O) groups is 2. The van der Waals surface area contributed by atoms with E-state index in [2.05, 4.69) is 5.32 Å². The van der Waals surface area contributed by atoms with E-state index < -0.39 is 16.8 Å². The predicted molar refractivity (Wildman–Crippen MR) is 76.7 cm³/mol. The van der Waals surface area contributed by atoms with Crippen LogP contribution < -0.4 is 5.32 Å². The molecule has 1 unspecified atom stereocenters. The molecule has 2 rings (SSSR count). The third-order valence-corrected chi connectivity index (χ3v) is 4.58. The van der Waals surface area contributed by atoms with Crippen LogP contribution in [0.25, 0.3) is 0 Å². The van der Waals surface area contributed by atoms with Crippen molar-refractivity contribution in [3.05, 3.63) is 29.8 Å². The van der Waals surface area contributed by atoms with E-state index in [1.807, 2.05) is 0 Å². The Kier molecular flexibility index (Phi) is 5.46. The number of hydrogen-bond donors (Lipinski definition) is 2. The van der Waals surface area contributed by atoms with E-state index in [-0.39, 0.29) is 28.2 Å². The SMILES string of the molecule is O=C(CS(=O)c1ccccc1C(=O)O)NC1CCOCC1. The molecule has 0 aromatic heterocycles. The zero-order valence-electron chi connectivity index (χ0n) is 11.4. The van der Waals surface area contributed by atoms with Crippen molar-refractivity contribution < 1.29 is 23.6 Å². The van der Waals surface area contributed by atoms with Crippen molar-refractivity contribution in [3.8, 4) is 0 Å². The van der Waals surface area contributed by atoms with Gasteiger partial charge in [0.1, 0.15) is 5.75 Å². The molecule has 0 saturated carbocycles. The molecule has 0 radical (unpaired) electrons. The van der Waals surface area contributed by atoms with E-state index in [4.69, 9.17) is 9.84 Å². The molecular formula is C14H17NO5S. The molecule has 1 saturated heterocycles. The quantitative estimate of drug-likeness (QED) is 0.838. The number of carboxylic acids is 1. The summed E-state index contributed by atoms with van der Waals surface area (Å²) in [5.41, 5.74) is -0.0327. The van der Waals surface area contributed by atoms with E-state index >= 15 is 0 Å². The number of amides is 1. The van der Waals surface area contributed by atoms with Crippen molar-refractivity contribution in [2.45, 2.75) is 23.8 Å². The van der Waals surface area contributed by atoms with Gasteiger partial charge in [-0.1, -0.05) is 12.1 Å². The summed E-state index contributed by atoms with van der Waals surface area (Å²) in [6.07, 6.45) is 1.48. The highest BCUT2D eigenvalue weighted by atomic mass is 32.2. The summed E-state index contributed by atoms with van der Waals surface area (Å²) in [5.74, 6) is -1.72. The average molecular weight is 311 g/mol. The Balaban J connectivity index is 1.97. The molecule has 1 atom stereocenters. The summed E-state index contributed by atoms with van der Waals surface area (Å²) in [6.45, 7) is 1.21. The maximum Gasteiger partial charge on any atom is 0.336 e. The molecule has 0 spiro atoms. The molecular weight excluding hydrogens is 294 g/mol. The van der Waals surface area contributed by atoms with Crippen molar-refractivity contribution in [2.75, 3.05) is 19.0 Å². The van der Waals surface area contributed by atoms with E-state index in [0.29, 0.717) is 13.2 Å². The third kappa shape index (κ3) is 4.37. The zero-order valence-corrected chi connectivity index (χ0v) is 12.2. The van der Waals surface area contributed by atoms with Crippen LogP contribution >= 0.6 is 0 Å². The highest BCUT2D eigenvalue weighted by molar-refractivity contribution is 7.85. The standard InChI is InChI=1S/C14H17NO5S/c16-13(15-10-5-7-20-8-6-10)9-21(19)12-4-2-1-3-11(12)14(17)18/h1-4,10H,5-9H2,(H,15,16)(H,17,18). The normalized spacial score (nSPS) is 17.1. The molecule has 6 nitrogen and oxygen atoms in total. The summed E-state index contributed by atoms with van der Waals surface area (Å²) >= 11 is 0. The molecule has 0 aliphatic carbocycles. The molecule has 1 heterocycles. The smallest absolute Gasteiger partial charge is 0.336 e. The maximum atomic E-state index is 12.2. The van der Waals surface area contributed by atoms with Gasteiger partial charge >= 0.3 is 5.97 Å². The fourth-order valence-electron chi connectivity index (χ4n) is 2.15. The molecule has 1 aliphatic rings. The van der Waals surface area contributed by atoms with Gasteiger partial charge in [0, 0.05) is 19.3 Å². The molecule has 1 aliphatic heterocycles. The average Bonchev–Trinajstić information content (AvgIpc) is 2.48. The van der Waals surface area contributed by atoms with Crippen molar-refractivity contribution in [3.63, 3.8) is 0 Å². The van der Waals surface area contributed by atoms with E-state index in [0.717, 1.165) is 12.8 Å². The second-order valence-electron chi connectivity index (χ2n) is 4.75. The second kappa shape index (κ2) is 7.33. The number of benzene rings is 1. The lowest BCUT2D eigenvalue weighted by Crippen LogP contribution is -2.41. The molecule has 0 bridgehead atoms. The molecule has 1 fully saturated rings. The maximum absolute atomic E-state index is 12.2. The van der Waals surface area contributed by atoms with E-state index in [1.165, 1.54) is 12.1 Å². The number of aromatic carboxylic acids is 1. The molecule has 114 valence electrons. The number of ether oxygens (including phenoxy) is 1. The van der Waals surface area contributed by atoms with Crippen LogP contribution in [0.15, 0.2) is 29.2 Å². The molecule has 7 heteroatoms. The minimum absolute atomic E-state index is 0.0327. The van der Waals surface area contributed by atoms with Crippen LogP contribution in [0.1, 0.15) is 23.2 Å². The van der Waals surface area contributed by atoms with Crippen molar-refractivity contribution in [1.82, 2.24) is 5.32 Å². The van der Waals surface area contributed by atoms with Crippen LogP contribution in [0.3, 0.4) is 0 Å². The molecule has 21 heavy (non-hydrogen) atoms. The summed E-state index contributed by atoms with van der Waals surface area (Å²) in [4.78, 5) is 23.1. The van der Waals surface area contributed by atoms with Crippen molar-refractivity contribution in [2.24, 2.45) is 0 Å². The van der Waals surface area contributed by atoms with Gasteiger partial charge in [0.25, 0.3) is 0 Å². The number of hydrogen-bond acceptors (Lipinski definition) is 4. The van der Waals surface area contributed by atoms with Crippen LogP contribution in [0.4, 0.5) is 0 Å². The Labute approximate surface area is 125 Å². The molecule has 1 aromatic carbocycles. The van der Waals surface area contributed by atoms with Crippen molar-refractivity contribution >= 4 is 22.7 Å². The largest absolute Gasteiger partial charge is 0.478 e. The van der Waals surface area contributed by atoms with Crippen LogP contribution in [-0.2, 0) is 20.3 Å². The Bertz CT molecular complexity index is 554. The van der Waals surface area contributed by atoms with Crippen LogP contribution in [0, 0.1) is 0 Å². The first-order valence-electron chi connectivity index (χ1n) is 6.65. The third-order valence-electron chi connectivity index (χ3n) is 3.21. The highest BCUT2D eigenvalue weighted by Gasteiger charge is 2.20. The van der Waals surface area contributed by atoms with Gasteiger partial charge in [-0.3, -0.25) is 9.00 Å². The number of carbonyl (C=O) groups excluding carboxylic acids is 1. The summed E-state index contributed by atoms with van der Waals surface area (Å²) in [7, 11) is -1.67. The Hall–Kier alpha value is -1.73. The van der Waals surface area contributed by atoms with Crippen LogP contribution in [0.2, 0.25) is 0 Å². The summed E-state index contributed by atoms with van der Waals surface area (Å²) in [5, 5.41) is 11.9. The highest BCUT2D eigenvalue weighted by Crippen LogP contribution is 2.14. The number of carboxylic acid groups (broad SMARTS) is 1. The lowest BCUT2D eigenvalue weighted by atomic mass is 10.1. The lowest BCUT2D eigenvalue weighted by Gasteiger charge is -2.23. The monoisotopic (exact) mass is 311 g/mol. The first kappa shape index (κ1) is 15.7. The fraction of sp³-hybridized carbons (Fsp3) is 0.429. The first-order valence-corrected chi connectivity index (χ1v) is 7.97. The number of nitrogens with one attached hydrogen (secondary N) is 1. The van der Waals surface area contributed by atoms with Gasteiger partial charge in [0.05, 0.1) is 21.3 Å². The minimum atomic E-state index is -1.67. The summed E-state index contributed by atoms with van der Waals surface area (Å²) < 4.78 is 17.4. The predicted octanol–water partition coefficient (Wildman–Crippen LogP) is 0.788. The Morgan fingerprint density at radius 3 is 2.62 bits per heavy atom. The fourth-order valence-corrected chi connectivity index (χ4v) is 3.26. The van der Waals surface area contributed by atoms with Gasteiger partial charge in [-0.05, 0) is 25.0 Å². The molecule has 1 aromatic rings. The van der Waals surface area contributed by atoms with Gasteiger partial charge in [0.2, 0.25) is 5.91 Å². The van der Waals surface area contributed by atoms with Gasteiger partial charge < -0.3 is 15.2 Å². The summed E-state index contributed by atoms with van der Waals surface area (Å²) in [6, 6.07) is 6.06. The van der Waals surface area contributed by atoms with Crippen molar-refractivity contribution in [1.29, 1.82) is 0 Å². The van der Waals surface area contributed by atoms with Gasteiger partial charge in [-0.25, -0.2) is 4.79 Å². The Morgan fingerprint density at radius 1 is 1.29 bits per heavy atom. The minimum Gasteiger partial charge on any atom is -0.478 e. The Morgan fingerprint density at radius 2 is 1.95 bits per heavy atom. The van der Waals surface area contributed by atoms with Gasteiger partial charge in [-0.15, -0.1) is 0 Å². The first-order chi connectivity index (χ1) is 10.1.